The molecule has 0 amide bonds. The molecule has 0 aliphatic rings. The van der Waals surface area contributed by atoms with Crippen molar-refractivity contribution in [1.82, 2.24) is 4.98 Å². The van der Waals surface area contributed by atoms with Gasteiger partial charge in [0.15, 0.2) is 0 Å². The van der Waals surface area contributed by atoms with Gasteiger partial charge in [-0.25, -0.2) is 9.78 Å². The number of aromatic nitrogens is 1. The van der Waals surface area contributed by atoms with Crippen LogP contribution < -0.4 is 11.1 Å². The largest absolute Gasteiger partial charge is 0.478 e. The number of rotatable bonds is 7. The number of carboxylic acid groups (broad SMARTS) is 1. The number of aromatic carboxylic acids is 1. The normalized spacial score (nSPS) is 12.1. The second kappa shape index (κ2) is 6.80. The van der Waals surface area contributed by atoms with Gasteiger partial charge in [0.1, 0.15) is 5.82 Å². The molecule has 0 aliphatic heterocycles. The minimum atomic E-state index is -1.04. The second-order valence-corrected chi connectivity index (χ2v) is 4.05. The highest BCUT2D eigenvalue weighted by Crippen LogP contribution is 2.18. The quantitative estimate of drug-likeness (QED) is 0.682. The van der Waals surface area contributed by atoms with E-state index in [1.54, 1.807) is 7.11 Å². The summed E-state index contributed by atoms with van der Waals surface area (Å²) in [5.41, 5.74) is 6.18. The van der Waals surface area contributed by atoms with Crippen LogP contribution in [0.3, 0.4) is 0 Å². The van der Waals surface area contributed by atoms with E-state index in [-0.39, 0.29) is 11.6 Å². The monoisotopic (exact) mass is 253 g/mol. The fourth-order valence-corrected chi connectivity index (χ4v) is 1.66. The van der Waals surface area contributed by atoms with Gasteiger partial charge in [0.25, 0.3) is 0 Å². The number of anilines is 2. The summed E-state index contributed by atoms with van der Waals surface area (Å²) in [5, 5.41) is 12.0. The molecule has 0 bridgehead atoms. The number of nitrogens with zero attached hydrogens (tertiary/aromatic N) is 1. The van der Waals surface area contributed by atoms with Gasteiger partial charge in [0, 0.05) is 13.3 Å². The Morgan fingerprint density at radius 1 is 1.67 bits per heavy atom. The maximum atomic E-state index is 10.8. The molecule has 100 valence electrons. The Bertz CT molecular complexity index is 404. The van der Waals surface area contributed by atoms with Crippen LogP contribution in [0.4, 0.5) is 11.5 Å². The molecular formula is C12H19N3O3. The number of carboxylic acids is 1. The van der Waals surface area contributed by atoms with Crippen LogP contribution in [-0.2, 0) is 4.74 Å². The Morgan fingerprint density at radius 3 is 2.89 bits per heavy atom. The third-order valence-electron chi connectivity index (χ3n) is 2.51. The predicted molar refractivity (Wildman–Crippen MR) is 69.8 cm³/mol. The molecule has 1 aromatic rings. The number of nitrogens with one attached hydrogen (secondary N) is 1. The van der Waals surface area contributed by atoms with Crippen LogP contribution >= 0.6 is 0 Å². The van der Waals surface area contributed by atoms with Crippen LogP contribution in [0.5, 0.6) is 0 Å². The molecule has 1 heterocycles. The van der Waals surface area contributed by atoms with E-state index < -0.39 is 5.97 Å². The average Bonchev–Trinajstić information content (AvgIpc) is 2.32. The number of hydrogen-bond acceptors (Lipinski definition) is 5. The second-order valence-electron chi connectivity index (χ2n) is 4.05. The molecule has 6 heteroatoms. The van der Waals surface area contributed by atoms with Gasteiger partial charge < -0.3 is 20.9 Å². The van der Waals surface area contributed by atoms with Crippen molar-refractivity contribution < 1.29 is 14.6 Å². The van der Waals surface area contributed by atoms with Gasteiger partial charge in [-0.1, -0.05) is 13.3 Å². The van der Waals surface area contributed by atoms with E-state index in [4.69, 9.17) is 15.6 Å². The smallest absolute Gasteiger partial charge is 0.337 e. The minimum absolute atomic E-state index is 0.0804. The molecule has 0 spiro atoms. The number of ether oxygens (including phenoxy) is 1. The van der Waals surface area contributed by atoms with Gasteiger partial charge in [-0.05, 0) is 12.5 Å². The SMILES string of the molecule is CCCC(COC)Nc1ncc(C(=O)O)cc1N. The van der Waals surface area contributed by atoms with Crippen molar-refractivity contribution in [3.05, 3.63) is 17.8 Å². The molecular weight excluding hydrogens is 234 g/mol. The number of nitrogens with two attached hydrogens (primary N) is 1. The number of pyridine rings is 1. The number of hydrogen-bond donors (Lipinski definition) is 3. The fourth-order valence-electron chi connectivity index (χ4n) is 1.66. The first-order chi connectivity index (χ1) is 8.58. The standard InChI is InChI=1S/C12H19N3O3/c1-3-4-9(7-18-2)15-11-10(13)5-8(6-14-11)12(16)17/h5-6,9H,3-4,7,13H2,1-2H3,(H,14,15)(H,16,17). The molecule has 6 nitrogen and oxygen atoms in total. The topological polar surface area (TPSA) is 97.5 Å². The van der Waals surface area contributed by atoms with Crippen molar-refractivity contribution >= 4 is 17.5 Å². The maximum absolute atomic E-state index is 10.8. The van der Waals surface area contributed by atoms with E-state index in [2.05, 4.69) is 17.2 Å². The summed E-state index contributed by atoms with van der Waals surface area (Å²) in [4.78, 5) is 14.8. The lowest BCUT2D eigenvalue weighted by atomic mass is 10.1. The molecule has 1 atom stereocenters. The highest BCUT2D eigenvalue weighted by molar-refractivity contribution is 5.89. The zero-order valence-corrected chi connectivity index (χ0v) is 10.6. The van der Waals surface area contributed by atoms with Gasteiger partial charge in [-0.3, -0.25) is 0 Å². The highest BCUT2D eigenvalue weighted by Gasteiger charge is 2.12. The van der Waals surface area contributed by atoms with Gasteiger partial charge in [0.2, 0.25) is 0 Å². The van der Waals surface area contributed by atoms with Crippen molar-refractivity contribution in [3.63, 3.8) is 0 Å². The Morgan fingerprint density at radius 2 is 2.39 bits per heavy atom. The first kappa shape index (κ1) is 14.2. The molecule has 18 heavy (non-hydrogen) atoms. The molecule has 1 aromatic heterocycles. The summed E-state index contributed by atoms with van der Waals surface area (Å²) in [6.07, 6.45) is 3.22. The predicted octanol–water partition coefficient (Wildman–Crippen LogP) is 1.59. The molecule has 0 aromatic carbocycles. The highest BCUT2D eigenvalue weighted by atomic mass is 16.5. The van der Waals surface area contributed by atoms with Crippen molar-refractivity contribution in [2.45, 2.75) is 25.8 Å². The van der Waals surface area contributed by atoms with E-state index in [0.717, 1.165) is 12.8 Å². The zero-order valence-electron chi connectivity index (χ0n) is 10.6. The summed E-state index contributed by atoms with van der Waals surface area (Å²) < 4.78 is 5.11. The van der Waals surface area contributed by atoms with Crippen LogP contribution in [0.15, 0.2) is 12.3 Å². The average molecular weight is 253 g/mol. The van der Waals surface area contributed by atoms with Crippen molar-refractivity contribution in [1.29, 1.82) is 0 Å². The number of carbonyl (C=O) groups is 1. The first-order valence-corrected chi connectivity index (χ1v) is 5.82. The minimum Gasteiger partial charge on any atom is -0.478 e. The first-order valence-electron chi connectivity index (χ1n) is 5.82. The number of nitrogen functional groups attached to an aromatic ring is 1. The van der Waals surface area contributed by atoms with Crippen molar-refractivity contribution in [2.24, 2.45) is 0 Å². The molecule has 0 saturated heterocycles. The lowest BCUT2D eigenvalue weighted by Gasteiger charge is -2.18. The summed E-state index contributed by atoms with van der Waals surface area (Å²) in [6.45, 7) is 2.63. The van der Waals surface area contributed by atoms with Crippen LogP contribution in [0.2, 0.25) is 0 Å². The van der Waals surface area contributed by atoms with Gasteiger partial charge in [0.05, 0.1) is 23.9 Å². The molecule has 0 radical (unpaired) electrons. The van der Waals surface area contributed by atoms with E-state index in [9.17, 15) is 4.79 Å². The van der Waals surface area contributed by atoms with Gasteiger partial charge >= 0.3 is 5.97 Å². The van der Waals surface area contributed by atoms with Gasteiger partial charge in [-0.15, -0.1) is 0 Å². The summed E-state index contributed by atoms with van der Waals surface area (Å²) in [7, 11) is 1.63. The fraction of sp³-hybridized carbons (Fsp3) is 0.500. The maximum Gasteiger partial charge on any atom is 0.337 e. The summed E-state index contributed by atoms with van der Waals surface area (Å²) in [6, 6.07) is 1.51. The Kier molecular flexibility index (Phi) is 5.38. The zero-order chi connectivity index (χ0) is 13.5. The molecule has 0 saturated carbocycles. The van der Waals surface area contributed by atoms with E-state index in [1.807, 2.05) is 0 Å². The molecule has 0 aliphatic carbocycles. The van der Waals surface area contributed by atoms with Gasteiger partial charge in [-0.2, -0.15) is 0 Å². The van der Waals surface area contributed by atoms with Crippen LogP contribution in [0.1, 0.15) is 30.1 Å². The van der Waals surface area contributed by atoms with E-state index in [1.165, 1.54) is 12.3 Å². The third-order valence-corrected chi connectivity index (χ3v) is 2.51. The lowest BCUT2D eigenvalue weighted by Crippen LogP contribution is -2.25. The van der Waals surface area contributed by atoms with Crippen LogP contribution in [0, 0.1) is 0 Å². The van der Waals surface area contributed by atoms with Crippen molar-refractivity contribution in [3.8, 4) is 0 Å². The molecule has 0 fully saturated rings. The lowest BCUT2D eigenvalue weighted by molar-refractivity contribution is 0.0696. The molecule has 1 unspecified atom stereocenters. The van der Waals surface area contributed by atoms with Crippen LogP contribution in [-0.4, -0.2) is 35.8 Å². The molecule has 4 N–H and O–H groups in total. The number of methoxy groups -OCH3 is 1. The molecule has 1 rings (SSSR count). The van der Waals surface area contributed by atoms with E-state index >= 15 is 0 Å². The third kappa shape index (κ3) is 3.89. The summed E-state index contributed by atoms with van der Waals surface area (Å²) >= 11 is 0. The Labute approximate surface area is 106 Å². The Balaban J connectivity index is 2.79. The van der Waals surface area contributed by atoms with Crippen molar-refractivity contribution in [2.75, 3.05) is 24.8 Å². The summed E-state index contributed by atoms with van der Waals surface area (Å²) in [5.74, 6) is -0.543. The van der Waals surface area contributed by atoms with Crippen LogP contribution in [0.25, 0.3) is 0 Å². The Hall–Kier alpha value is -1.82. The van der Waals surface area contributed by atoms with E-state index in [0.29, 0.717) is 18.1 Å².